The van der Waals surface area contributed by atoms with E-state index < -0.39 is 0 Å². The Morgan fingerprint density at radius 3 is 2.38 bits per heavy atom. The van der Waals surface area contributed by atoms with Crippen molar-refractivity contribution in [2.75, 3.05) is 13.2 Å². The Bertz CT molecular complexity index is 602. The Kier molecular flexibility index (Phi) is 5.12. The number of benzene rings is 2. The third-order valence-corrected chi connectivity index (χ3v) is 3.57. The zero-order valence-corrected chi connectivity index (χ0v) is 12.4. The van der Waals surface area contributed by atoms with E-state index in [9.17, 15) is 9.90 Å². The summed E-state index contributed by atoms with van der Waals surface area (Å²) >= 11 is 0. The Balaban J connectivity index is 2.28. The van der Waals surface area contributed by atoms with Gasteiger partial charge in [0, 0.05) is 5.92 Å². The molecular weight excluding hydrogens is 264 g/mol. The maximum absolute atomic E-state index is 11.6. The van der Waals surface area contributed by atoms with Crippen molar-refractivity contribution < 1.29 is 14.6 Å². The number of hydrogen-bond donors (Lipinski definition) is 1. The molecule has 0 saturated heterocycles. The van der Waals surface area contributed by atoms with E-state index in [1.165, 1.54) is 0 Å². The Labute approximate surface area is 125 Å². The molecule has 0 saturated carbocycles. The summed E-state index contributed by atoms with van der Waals surface area (Å²) in [6.45, 7) is 4.21. The van der Waals surface area contributed by atoms with Crippen molar-refractivity contribution in [3.8, 4) is 0 Å². The molecule has 0 spiro atoms. The van der Waals surface area contributed by atoms with Gasteiger partial charge in [0.25, 0.3) is 0 Å². The van der Waals surface area contributed by atoms with Crippen LogP contribution in [0.2, 0.25) is 0 Å². The van der Waals surface area contributed by atoms with Crippen molar-refractivity contribution in [3.63, 3.8) is 0 Å². The van der Waals surface area contributed by atoms with Crippen LogP contribution in [0.1, 0.15) is 39.9 Å². The molecule has 0 aromatic heterocycles. The van der Waals surface area contributed by atoms with Gasteiger partial charge in [0.05, 0.1) is 18.8 Å². The fourth-order valence-corrected chi connectivity index (χ4v) is 2.43. The molecule has 0 unspecified atom stereocenters. The number of carbonyl (C=O) groups excluding carboxylic acids is 1. The van der Waals surface area contributed by atoms with Crippen LogP contribution in [0.5, 0.6) is 0 Å². The van der Waals surface area contributed by atoms with Crippen LogP contribution in [0.3, 0.4) is 0 Å². The fraction of sp³-hybridized carbons (Fsp3) is 0.278. The summed E-state index contributed by atoms with van der Waals surface area (Å²) in [5, 5.41) is 9.73. The molecule has 2 rings (SSSR count). The van der Waals surface area contributed by atoms with Crippen LogP contribution in [0.4, 0.5) is 0 Å². The molecule has 0 amide bonds. The first-order valence-corrected chi connectivity index (χ1v) is 7.10. The van der Waals surface area contributed by atoms with Crippen molar-refractivity contribution >= 4 is 5.97 Å². The Hall–Kier alpha value is -2.13. The van der Waals surface area contributed by atoms with Crippen LogP contribution >= 0.6 is 0 Å². The molecule has 1 N–H and O–H groups in total. The highest BCUT2D eigenvalue weighted by Gasteiger charge is 2.16. The number of hydrogen-bond acceptors (Lipinski definition) is 3. The van der Waals surface area contributed by atoms with Crippen molar-refractivity contribution in [3.05, 3.63) is 70.8 Å². The van der Waals surface area contributed by atoms with Crippen molar-refractivity contribution in [2.24, 2.45) is 0 Å². The molecule has 3 nitrogen and oxygen atoms in total. The maximum atomic E-state index is 11.6. The first-order chi connectivity index (χ1) is 10.2. The molecule has 2 aromatic rings. The second-order valence-corrected chi connectivity index (χ2v) is 4.93. The minimum absolute atomic E-state index is 0.0314. The van der Waals surface area contributed by atoms with Crippen molar-refractivity contribution in [2.45, 2.75) is 19.8 Å². The number of ether oxygens (including phenoxy) is 1. The summed E-state index contributed by atoms with van der Waals surface area (Å²) in [6, 6.07) is 15.2. The van der Waals surface area contributed by atoms with Gasteiger partial charge in [-0.2, -0.15) is 0 Å². The van der Waals surface area contributed by atoms with E-state index >= 15 is 0 Å². The zero-order valence-electron chi connectivity index (χ0n) is 12.4. The quantitative estimate of drug-likeness (QED) is 0.857. The topological polar surface area (TPSA) is 46.5 Å². The number of aliphatic hydroxyl groups excluding tert-OH is 1. The van der Waals surface area contributed by atoms with Gasteiger partial charge in [0.2, 0.25) is 0 Å². The van der Waals surface area contributed by atoms with Gasteiger partial charge in [-0.25, -0.2) is 4.79 Å². The van der Waals surface area contributed by atoms with Crippen molar-refractivity contribution in [1.29, 1.82) is 0 Å². The highest BCUT2D eigenvalue weighted by Crippen LogP contribution is 2.27. The van der Waals surface area contributed by atoms with E-state index in [2.05, 4.69) is 0 Å². The largest absolute Gasteiger partial charge is 0.462 e. The summed E-state index contributed by atoms with van der Waals surface area (Å²) in [5.41, 5.74) is 3.76. The first kappa shape index (κ1) is 15.3. The van der Waals surface area contributed by atoms with E-state index in [0.29, 0.717) is 12.2 Å². The van der Waals surface area contributed by atoms with Gasteiger partial charge in [0.1, 0.15) is 0 Å². The molecule has 0 radical (unpaired) electrons. The Morgan fingerprint density at radius 1 is 1.14 bits per heavy atom. The van der Waals surface area contributed by atoms with E-state index in [4.69, 9.17) is 4.74 Å². The fourth-order valence-electron chi connectivity index (χ4n) is 2.43. The predicted molar refractivity (Wildman–Crippen MR) is 82.5 cm³/mol. The SMILES string of the molecule is CCOC(=O)c1ccc([C@@H](CO)c2ccccc2C)cc1. The minimum Gasteiger partial charge on any atom is -0.462 e. The normalized spacial score (nSPS) is 12.0. The van der Waals surface area contributed by atoms with Crippen LogP contribution < -0.4 is 0 Å². The average molecular weight is 284 g/mol. The molecule has 0 bridgehead atoms. The van der Waals surface area contributed by atoms with Crippen LogP contribution in [0, 0.1) is 6.92 Å². The van der Waals surface area contributed by atoms with Gasteiger partial charge in [-0.05, 0) is 42.7 Å². The average Bonchev–Trinajstić information content (AvgIpc) is 2.51. The second kappa shape index (κ2) is 7.04. The van der Waals surface area contributed by atoms with Gasteiger partial charge in [-0.15, -0.1) is 0 Å². The molecule has 21 heavy (non-hydrogen) atoms. The Morgan fingerprint density at radius 2 is 1.81 bits per heavy atom. The highest BCUT2D eigenvalue weighted by atomic mass is 16.5. The molecule has 0 aliphatic carbocycles. The predicted octanol–water partition coefficient (Wildman–Crippen LogP) is 3.30. The number of esters is 1. The number of aliphatic hydroxyl groups is 1. The monoisotopic (exact) mass is 284 g/mol. The lowest BCUT2D eigenvalue weighted by Gasteiger charge is -2.17. The summed E-state index contributed by atoms with van der Waals surface area (Å²) < 4.78 is 4.97. The molecule has 3 heteroatoms. The van der Waals surface area contributed by atoms with Crippen LogP contribution in [0.25, 0.3) is 0 Å². The minimum atomic E-state index is -0.319. The second-order valence-electron chi connectivity index (χ2n) is 4.93. The van der Waals surface area contributed by atoms with E-state index in [1.807, 2.05) is 43.3 Å². The van der Waals surface area contributed by atoms with Gasteiger partial charge in [-0.3, -0.25) is 0 Å². The van der Waals surface area contributed by atoms with Gasteiger partial charge < -0.3 is 9.84 Å². The number of carbonyl (C=O) groups is 1. The maximum Gasteiger partial charge on any atom is 0.338 e. The standard InChI is InChI=1S/C18H20O3/c1-3-21-18(20)15-10-8-14(9-11-15)17(12-19)16-7-5-4-6-13(16)2/h4-11,17,19H,3,12H2,1-2H3/t17-/m1/s1. The molecular formula is C18H20O3. The first-order valence-electron chi connectivity index (χ1n) is 7.10. The lowest BCUT2D eigenvalue weighted by Crippen LogP contribution is -2.09. The van der Waals surface area contributed by atoms with E-state index in [-0.39, 0.29) is 18.5 Å². The lowest BCUT2D eigenvalue weighted by atomic mass is 9.89. The van der Waals surface area contributed by atoms with Crippen LogP contribution in [-0.4, -0.2) is 24.3 Å². The van der Waals surface area contributed by atoms with Gasteiger partial charge >= 0.3 is 5.97 Å². The molecule has 0 aliphatic rings. The third-order valence-electron chi connectivity index (χ3n) is 3.57. The smallest absolute Gasteiger partial charge is 0.338 e. The summed E-state index contributed by atoms with van der Waals surface area (Å²) in [7, 11) is 0. The summed E-state index contributed by atoms with van der Waals surface area (Å²) in [5.74, 6) is -0.400. The van der Waals surface area contributed by atoms with Gasteiger partial charge in [-0.1, -0.05) is 36.4 Å². The highest BCUT2D eigenvalue weighted by molar-refractivity contribution is 5.89. The van der Waals surface area contributed by atoms with E-state index in [1.54, 1.807) is 19.1 Å². The molecule has 2 aromatic carbocycles. The zero-order chi connectivity index (χ0) is 15.2. The van der Waals surface area contributed by atoms with Crippen molar-refractivity contribution in [1.82, 2.24) is 0 Å². The molecule has 0 aliphatic heterocycles. The summed E-state index contributed by atoms with van der Waals surface area (Å²) in [6.07, 6.45) is 0. The van der Waals surface area contributed by atoms with Crippen LogP contribution in [0.15, 0.2) is 48.5 Å². The molecule has 0 heterocycles. The molecule has 1 atom stereocenters. The molecule has 0 fully saturated rings. The number of aryl methyl sites for hydroxylation is 1. The lowest BCUT2D eigenvalue weighted by molar-refractivity contribution is 0.0526. The number of rotatable bonds is 5. The third kappa shape index (κ3) is 3.50. The summed E-state index contributed by atoms with van der Waals surface area (Å²) in [4.78, 5) is 11.6. The van der Waals surface area contributed by atoms with Gasteiger partial charge in [0.15, 0.2) is 0 Å². The molecule has 110 valence electrons. The van der Waals surface area contributed by atoms with Crippen LogP contribution in [-0.2, 0) is 4.74 Å². The van der Waals surface area contributed by atoms with E-state index in [0.717, 1.165) is 16.7 Å².